The van der Waals surface area contributed by atoms with Gasteiger partial charge in [0.15, 0.2) is 0 Å². The van der Waals surface area contributed by atoms with Crippen LogP contribution in [0.5, 0.6) is 0 Å². The van der Waals surface area contributed by atoms with Crippen LogP contribution in [0.2, 0.25) is 0 Å². The molecule has 0 aliphatic carbocycles. The smallest absolute Gasteiger partial charge is 0.341 e. The number of carboxylic acid groups (broad SMARTS) is 1. The topological polar surface area (TPSA) is 95.1 Å². The standard InChI is InChI=1S/C8H11N3O3/c1-4(2)9-6-3-5(8(13)14)7(12)11-10-6/h3-4H,1-2H3,(H,9,10)(H,11,12)(H,13,14). The first-order valence-electron chi connectivity index (χ1n) is 4.10. The molecule has 0 bridgehead atoms. The fourth-order valence-corrected chi connectivity index (χ4v) is 0.934. The van der Waals surface area contributed by atoms with Gasteiger partial charge in [-0.1, -0.05) is 0 Å². The van der Waals surface area contributed by atoms with Gasteiger partial charge >= 0.3 is 5.97 Å². The van der Waals surface area contributed by atoms with Gasteiger partial charge < -0.3 is 10.4 Å². The monoisotopic (exact) mass is 197 g/mol. The molecule has 0 aliphatic rings. The molecule has 0 amide bonds. The van der Waals surface area contributed by atoms with E-state index in [9.17, 15) is 9.59 Å². The summed E-state index contributed by atoms with van der Waals surface area (Å²) in [6, 6.07) is 1.33. The van der Waals surface area contributed by atoms with E-state index in [0.717, 1.165) is 0 Å². The number of carboxylic acids is 1. The van der Waals surface area contributed by atoms with E-state index in [0.29, 0.717) is 5.82 Å². The van der Waals surface area contributed by atoms with E-state index in [1.165, 1.54) is 6.07 Å². The van der Waals surface area contributed by atoms with Crippen molar-refractivity contribution < 1.29 is 9.90 Å². The predicted octanol–water partition coefficient (Wildman–Crippen LogP) is 0.288. The molecule has 76 valence electrons. The molecule has 3 N–H and O–H groups in total. The Morgan fingerprint density at radius 1 is 1.64 bits per heavy atom. The average molecular weight is 197 g/mol. The summed E-state index contributed by atoms with van der Waals surface area (Å²) in [7, 11) is 0. The Morgan fingerprint density at radius 3 is 2.79 bits per heavy atom. The molecule has 0 saturated heterocycles. The van der Waals surface area contributed by atoms with E-state index in [1.807, 2.05) is 13.8 Å². The highest BCUT2D eigenvalue weighted by molar-refractivity contribution is 5.87. The van der Waals surface area contributed by atoms with Crippen LogP contribution in [0.1, 0.15) is 24.2 Å². The normalized spacial score (nSPS) is 10.2. The largest absolute Gasteiger partial charge is 0.477 e. The Labute approximate surface area is 80.0 Å². The molecule has 0 unspecified atom stereocenters. The molecule has 6 heteroatoms. The van der Waals surface area contributed by atoms with Crippen molar-refractivity contribution in [2.24, 2.45) is 0 Å². The van der Waals surface area contributed by atoms with Gasteiger partial charge in [-0.15, -0.1) is 0 Å². The highest BCUT2D eigenvalue weighted by atomic mass is 16.4. The van der Waals surface area contributed by atoms with Gasteiger partial charge in [-0.2, -0.15) is 5.10 Å². The molecule has 1 heterocycles. The summed E-state index contributed by atoms with van der Waals surface area (Å²) in [5.41, 5.74) is -1.02. The van der Waals surface area contributed by atoms with Gasteiger partial charge in [-0.25, -0.2) is 9.89 Å². The minimum Gasteiger partial charge on any atom is -0.477 e. The third-order valence-electron chi connectivity index (χ3n) is 1.47. The molecule has 1 aromatic rings. The van der Waals surface area contributed by atoms with Gasteiger partial charge in [-0.3, -0.25) is 4.79 Å². The van der Waals surface area contributed by atoms with Crippen LogP contribution in [0.15, 0.2) is 10.9 Å². The summed E-state index contributed by atoms with van der Waals surface area (Å²) in [5, 5.41) is 17.3. The van der Waals surface area contributed by atoms with Crippen LogP contribution in [0.3, 0.4) is 0 Å². The van der Waals surface area contributed by atoms with Crippen LogP contribution in [0.4, 0.5) is 5.82 Å². The van der Waals surface area contributed by atoms with Gasteiger partial charge in [0.25, 0.3) is 5.56 Å². The molecule has 6 nitrogen and oxygen atoms in total. The third-order valence-corrected chi connectivity index (χ3v) is 1.47. The van der Waals surface area contributed by atoms with E-state index in [4.69, 9.17) is 5.11 Å². The Bertz CT molecular complexity index is 397. The first-order valence-corrected chi connectivity index (χ1v) is 4.10. The number of nitrogens with zero attached hydrogens (tertiary/aromatic N) is 1. The highest BCUT2D eigenvalue weighted by Gasteiger charge is 2.10. The second kappa shape index (κ2) is 3.91. The van der Waals surface area contributed by atoms with Crippen molar-refractivity contribution in [3.63, 3.8) is 0 Å². The van der Waals surface area contributed by atoms with Crippen molar-refractivity contribution in [2.45, 2.75) is 19.9 Å². The quantitative estimate of drug-likeness (QED) is 0.647. The summed E-state index contributed by atoms with van der Waals surface area (Å²) in [5.74, 6) is -0.919. The maximum atomic E-state index is 11.0. The Morgan fingerprint density at radius 2 is 2.29 bits per heavy atom. The lowest BCUT2D eigenvalue weighted by Crippen LogP contribution is -2.21. The molecule has 0 spiro atoms. The minimum atomic E-state index is -1.26. The number of anilines is 1. The van der Waals surface area contributed by atoms with Crippen LogP contribution in [0, 0.1) is 0 Å². The number of aromatic carboxylic acids is 1. The van der Waals surface area contributed by atoms with Crippen molar-refractivity contribution >= 4 is 11.8 Å². The Balaban J connectivity index is 3.07. The second-order valence-corrected chi connectivity index (χ2v) is 3.10. The SMILES string of the molecule is CC(C)Nc1cc(C(=O)O)c(=O)[nH]n1. The van der Waals surface area contributed by atoms with E-state index in [1.54, 1.807) is 0 Å². The van der Waals surface area contributed by atoms with Crippen molar-refractivity contribution in [2.75, 3.05) is 5.32 Å². The molecule has 0 aliphatic heterocycles. The van der Waals surface area contributed by atoms with Crippen LogP contribution < -0.4 is 10.9 Å². The molecule has 14 heavy (non-hydrogen) atoms. The average Bonchev–Trinajstić information content (AvgIpc) is 2.07. The third kappa shape index (κ3) is 2.32. The van der Waals surface area contributed by atoms with Crippen LogP contribution in [0.25, 0.3) is 0 Å². The van der Waals surface area contributed by atoms with Crippen LogP contribution >= 0.6 is 0 Å². The molecular weight excluding hydrogens is 186 g/mol. The fraction of sp³-hybridized carbons (Fsp3) is 0.375. The molecule has 1 aromatic heterocycles. The Kier molecular flexibility index (Phi) is 2.85. The summed E-state index contributed by atoms with van der Waals surface area (Å²) in [4.78, 5) is 21.6. The lowest BCUT2D eigenvalue weighted by atomic mass is 10.3. The summed E-state index contributed by atoms with van der Waals surface area (Å²) < 4.78 is 0. The predicted molar refractivity (Wildman–Crippen MR) is 50.6 cm³/mol. The number of H-pyrrole nitrogens is 1. The first kappa shape index (κ1) is 10.2. The van der Waals surface area contributed by atoms with Gasteiger partial charge in [0.1, 0.15) is 11.4 Å². The Hall–Kier alpha value is -1.85. The molecule has 1 rings (SSSR count). The summed E-state index contributed by atoms with van der Waals surface area (Å²) in [6.07, 6.45) is 0. The van der Waals surface area contributed by atoms with Gasteiger partial charge in [0, 0.05) is 12.1 Å². The molecule has 0 aromatic carbocycles. The minimum absolute atomic E-state index is 0.120. The van der Waals surface area contributed by atoms with Crippen LogP contribution in [-0.2, 0) is 0 Å². The zero-order valence-electron chi connectivity index (χ0n) is 7.87. The zero-order valence-corrected chi connectivity index (χ0v) is 7.87. The first-order chi connectivity index (χ1) is 6.50. The maximum Gasteiger partial charge on any atom is 0.341 e. The number of hydrogen-bond acceptors (Lipinski definition) is 4. The van der Waals surface area contributed by atoms with E-state index in [-0.39, 0.29) is 11.6 Å². The zero-order chi connectivity index (χ0) is 10.7. The molecular formula is C8H11N3O3. The number of carbonyl (C=O) groups is 1. The molecule has 0 radical (unpaired) electrons. The molecule has 0 fully saturated rings. The van der Waals surface area contributed by atoms with Crippen molar-refractivity contribution in [3.05, 3.63) is 22.0 Å². The second-order valence-electron chi connectivity index (χ2n) is 3.10. The van der Waals surface area contributed by atoms with Gasteiger partial charge in [-0.05, 0) is 13.8 Å². The van der Waals surface area contributed by atoms with Gasteiger partial charge in [0.2, 0.25) is 0 Å². The maximum absolute atomic E-state index is 11.0. The van der Waals surface area contributed by atoms with Crippen molar-refractivity contribution in [1.29, 1.82) is 0 Å². The summed E-state index contributed by atoms with van der Waals surface area (Å²) >= 11 is 0. The number of aromatic amines is 1. The lowest BCUT2D eigenvalue weighted by Gasteiger charge is -2.07. The molecule has 0 saturated carbocycles. The van der Waals surface area contributed by atoms with Crippen molar-refractivity contribution in [3.8, 4) is 0 Å². The highest BCUT2D eigenvalue weighted by Crippen LogP contribution is 2.02. The van der Waals surface area contributed by atoms with E-state index < -0.39 is 11.5 Å². The van der Waals surface area contributed by atoms with E-state index in [2.05, 4.69) is 15.5 Å². The molecule has 0 atom stereocenters. The number of hydrogen-bond donors (Lipinski definition) is 3. The van der Waals surface area contributed by atoms with E-state index >= 15 is 0 Å². The fourth-order valence-electron chi connectivity index (χ4n) is 0.934. The van der Waals surface area contributed by atoms with Crippen molar-refractivity contribution in [1.82, 2.24) is 10.2 Å². The lowest BCUT2D eigenvalue weighted by molar-refractivity contribution is 0.0694. The van der Waals surface area contributed by atoms with Crippen LogP contribution in [-0.4, -0.2) is 27.3 Å². The summed E-state index contributed by atoms with van der Waals surface area (Å²) in [6.45, 7) is 3.76. The number of rotatable bonds is 3. The van der Waals surface area contributed by atoms with Gasteiger partial charge in [0.05, 0.1) is 0 Å². The number of nitrogens with one attached hydrogen (secondary N) is 2. The number of aromatic nitrogens is 2.